The van der Waals surface area contributed by atoms with Gasteiger partial charge in [0.1, 0.15) is 0 Å². The molecule has 1 heterocycles. The van der Waals surface area contributed by atoms with Gasteiger partial charge in [0.2, 0.25) is 0 Å². The molecule has 0 aromatic heterocycles. The van der Waals surface area contributed by atoms with E-state index in [0.29, 0.717) is 39.6 Å². The summed E-state index contributed by atoms with van der Waals surface area (Å²) in [5.41, 5.74) is 2.32. The fourth-order valence-corrected chi connectivity index (χ4v) is 11.0. The average Bonchev–Trinajstić information content (AvgIpc) is 2.83. The van der Waals surface area contributed by atoms with Gasteiger partial charge in [-0.25, -0.2) is 0 Å². The molecule has 5 rings (SSSR count). The minimum Gasteiger partial charge on any atom is -0.465 e. The molecule has 1 saturated heterocycles. The number of fused-ring (bicyclic) bond motifs is 7. The summed E-state index contributed by atoms with van der Waals surface area (Å²) in [6, 6.07) is 0. The van der Waals surface area contributed by atoms with Gasteiger partial charge in [-0.3, -0.25) is 4.79 Å². The van der Waals surface area contributed by atoms with Crippen LogP contribution < -0.4 is 0 Å². The van der Waals surface area contributed by atoms with Crippen LogP contribution in [0.25, 0.3) is 0 Å². The molecule has 5 fully saturated rings. The van der Waals surface area contributed by atoms with Crippen LogP contribution in [0.15, 0.2) is 0 Å². The van der Waals surface area contributed by atoms with Crippen molar-refractivity contribution in [2.45, 2.75) is 120 Å². The maximum absolute atomic E-state index is 12.7. The van der Waals surface area contributed by atoms with Crippen LogP contribution in [0.4, 0.5) is 0 Å². The molecule has 0 N–H and O–H groups in total. The fraction of sp³-hybridized carbons (Fsp3) is 0.967. The molecule has 0 radical (unpaired) electrons. The lowest BCUT2D eigenvalue weighted by atomic mass is 9.30. The topological polar surface area (TPSA) is 26.3 Å². The van der Waals surface area contributed by atoms with E-state index in [0.717, 1.165) is 18.3 Å². The summed E-state index contributed by atoms with van der Waals surface area (Å²) in [5, 5.41) is 0. The summed E-state index contributed by atoms with van der Waals surface area (Å²) in [6.07, 6.45) is 13.4. The van der Waals surface area contributed by atoms with Crippen molar-refractivity contribution in [2.24, 2.45) is 56.2 Å². The van der Waals surface area contributed by atoms with Gasteiger partial charge in [0.05, 0.1) is 12.5 Å². The quantitative estimate of drug-likeness (QED) is 0.355. The molecule has 0 amide bonds. The number of hydrogen-bond acceptors (Lipinski definition) is 2. The van der Waals surface area contributed by atoms with Crippen molar-refractivity contribution in [3.8, 4) is 0 Å². The predicted octanol–water partition coefficient (Wildman–Crippen LogP) is 8.04. The Bertz CT molecular complexity index is 801. The highest BCUT2D eigenvalue weighted by Gasteiger charge is 2.70. The molecule has 0 aromatic rings. The first kappa shape index (κ1) is 23.2. The van der Waals surface area contributed by atoms with E-state index >= 15 is 0 Å². The first-order chi connectivity index (χ1) is 14.7. The van der Waals surface area contributed by atoms with Gasteiger partial charge in [-0.15, -0.1) is 0 Å². The fourth-order valence-electron chi connectivity index (χ4n) is 11.0. The zero-order valence-electron chi connectivity index (χ0n) is 22.4. The van der Waals surface area contributed by atoms with Crippen molar-refractivity contribution >= 4 is 5.97 Å². The van der Waals surface area contributed by atoms with Gasteiger partial charge >= 0.3 is 5.97 Å². The second-order valence-electron chi connectivity index (χ2n) is 15.2. The van der Waals surface area contributed by atoms with Gasteiger partial charge in [0, 0.05) is 0 Å². The number of carbonyl (C=O) groups excluding carboxylic acids is 1. The molecule has 4 aliphatic carbocycles. The molecule has 0 bridgehead atoms. The Labute approximate surface area is 198 Å². The summed E-state index contributed by atoms with van der Waals surface area (Å²) < 4.78 is 5.72. The van der Waals surface area contributed by atoms with E-state index in [-0.39, 0.29) is 17.3 Å². The summed E-state index contributed by atoms with van der Waals surface area (Å²) in [5.74, 6) is 2.33. The number of carbonyl (C=O) groups is 1. The standard InChI is InChI=1S/C30H50O2/c1-20-24(31)32-18-10-21-27(20,5)11-9-22-28(21,6)15-17-30(8)23-19-25(2,3)12-13-26(23,4)14-16-29(22,30)7/h20-23H,9-19H2,1-8H3/t20-,21+,22+,23-,26+,27+,28-,29+,30-/m0/s1. The number of hydrogen-bond donors (Lipinski definition) is 0. The molecular formula is C30H50O2. The Kier molecular flexibility index (Phi) is 4.92. The summed E-state index contributed by atoms with van der Waals surface area (Å²) in [7, 11) is 0. The Hall–Kier alpha value is -0.530. The van der Waals surface area contributed by atoms with E-state index in [1.54, 1.807) is 0 Å². The van der Waals surface area contributed by atoms with E-state index in [1.807, 2.05) is 0 Å². The third-order valence-corrected chi connectivity index (χ3v) is 13.6. The molecular weight excluding hydrogens is 392 g/mol. The van der Waals surface area contributed by atoms with Gasteiger partial charge in [-0.2, -0.15) is 0 Å². The zero-order chi connectivity index (χ0) is 23.4. The number of esters is 1. The van der Waals surface area contributed by atoms with Crippen LogP contribution in [0.3, 0.4) is 0 Å². The largest absolute Gasteiger partial charge is 0.465 e. The van der Waals surface area contributed by atoms with E-state index in [4.69, 9.17) is 4.74 Å². The molecule has 0 spiro atoms. The van der Waals surface area contributed by atoms with Gasteiger partial charge in [-0.05, 0) is 114 Å². The van der Waals surface area contributed by atoms with E-state index in [2.05, 4.69) is 55.4 Å². The Morgan fingerprint density at radius 1 is 0.688 bits per heavy atom. The highest BCUT2D eigenvalue weighted by molar-refractivity contribution is 5.73. The molecule has 2 heteroatoms. The molecule has 2 nitrogen and oxygen atoms in total. The third kappa shape index (κ3) is 2.79. The van der Waals surface area contributed by atoms with Crippen LogP contribution in [-0.2, 0) is 9.53 Å². The smallest absolute Gasteiger partial charge is 0.309 e. The van der Waals surface area contributed by atoms with E-state index < -0.39 is 0 Å². The minimum absolute atomic E-state index is 0.0303. The van der Waals surface area contributed by atoms with Gasteiger partial charge in [0.25, 0.3) is 0 Å². The number of rotatable bonds is 0. The summed E-state index contributed by atoms with van der Waals surface area (Å²) in [6.45, 7) is 21.0. The van der Waals surface area contributed by atoms with Gasteiger partial charge in [-0.1, -0.05) is 55.4 Å². The van der Waals surface area contributed by atoms with Crippen LogP contribution in [0.5, 0.6) is 0 Å². The molecule has 4 saturated carbocycles. The van der Waals surface area contributed by atoms with Crippen molar-refractivity contribution in [1.82, 2.24) is 0 Å². The lowest BCUT2D eigenvalue weighted by Gasteiger charge is -2.74. The first-order valence-electron chi connectivity index (χ1n) is 13.9. The van der Waals surface area contributed by atoms with Crippen LogP contribution in [0, 0.1) is 56.2 Å². The van der Waals surface area contributed by atoms with Crippen molar-refractivity contribution in [3.05, 3.63) is 0 Å². The number of ether oxygens (including phenoxy) is 1. The normalized spacial score (nSPS) is 57.2. The SMILES string of the molecule is C[C@H]1C(=O)OCC[C@H]2[C@]3(C)CC[C@@]4(C)[C@H]5CC(C)(C)CC[C@]5(C)CC[C@]4(C)[C@@H]3CC[C@@]21C. The molecule has 32 heavy (non-hydrogen) atoms. The van der Waals surface area contributed by atoms with Gasteiger partial charge < -0.3 is 4.74 Å². The van der Waals surface area contributed by atoms with Crippen molar-refractivity contribution in [2.75, 3.05) is 6.61 Å². The van der Waals surface area contributed by atoms with Crippen LogP contribution >= 0.6 is 0 Å². The summed E-state index contributed by atoms with van der Waals surface area (Å²) >= 11 is 0. The molecule has 0 aromatic carbocycles. The van der Waals surface area contributed by atoms with Crippen LogP contribution in [0.2, 0.25) is 0 Å². The second kappa shape index (κ2) is 6.78. The molecule has 5 aliphatic rings. The number of cyclic esters (lactones) is 1. The monoisotopic (exact) mass is 442 g/mol. The lowest BCUT2D eigenvalue weighted by Crippen LogP contribution is -2.67. The molecule has 9 atom stereocenters. The van der Waals surface area contributed by atoms with Crippen LogP contribution in [-0.4, -0.2) is 12.6 Å². The van der Waals surface area contributed by atoms with Crippen molar-refractivity contribution in [1.29, 1.82) is 0 Å². The van der Waals surface area contributed by atoms with E-state index in [9.17, 15) is 4.79 Å². The van der Waals surface area contributed by atoms with E-state index in [1.165, 1.54) is 57.8 Å². The zero-order valence-corrected chi connectivity index (χ0v) is 22.4. The van der Waals surface area contributed by atoms with Crippen molar-refractivity contribution in [3.63, 3.8) is 0 Å². The highest BCUT2D eigenvalue weighted by Crippen LogP contribution is 2.78. The maximum atomic E-state index is 12.7. The summed E-state index contributed by atoms with van der Waals surface area (Å²) in [4.78, 5) is 12.7. The molecule has 182 valence electrons. The molecule has 0 unspecified atom stereocenters. The predicted molar refractivity (Wildman–Crippen MR) is 131 cm³/mol. The lowest BCUT2D eigenvalue weighted by molar-refractivity contribution is -0.253. The molecule has 1 aliphatic heterocycles. The van der Waals surface area contributed by atoms with Gasteiger partial charge in [0.15, 0.2) is 0 Å². The minimum atomic E-state index is 0.0303. The van der Waals surface area contributed by atoms with Crippen molar-refractivity contribution < 1.29 is 9.53 Å². The Morgan fingerprint density at radius 2 is 1.31 bits per heavy atom. The Morgan fingerprint density at radius 3 is 2.03 bits per heavy atom. The van der Waals surface area contributed by atoms with Crippen LogP contribution in [0.1, 0.15) is 120 Å². The second-order valence-corrected chi connectivity index (χ2v) is 15.2. The third-order valence-electron chi connectivity index (χ3n) is 13.6. The first-order valence-corrected chi connectivity index (χ1v) is 13.9. The highest BCUT2D eigenvalue weighted by atomic mass is 16.5. The Balaban J connectivity index is 1.55. The average molecular weight is 443 g/mol. The maximum Gasteiger partial charge on any atom is 0.309 e.